The Morgan fingerprint density at radius 2 is 1.61 bits per heavy atom. The number of unbranched alkanes of at least 4 members (excludes halogenated alkanes) is 5. The van der Waals surface area contributed by atoms with Gasteiger partial charge in [-0.3, -0.25) is 0 Å². The third kappa shape index (κ3) is 5.40. The summed E-state index contributed by atoms with van der Waals surface area (Å²) >= 11 is 5.74. The van der Waals surface area contributed by atoms with Crippen molar-refractivity contribution in [2.75, 3.05) is 0 Å². The van der Waals surface area contributed by atoms with Crippen LogP contribution in [0.3, 0.4) is 0 Å². The van der Waals surface area contributed by atoms with Crippen LogP contribution in [0.15, 0.2) is 0 Å². The fourth-order valence-electron chi connectivity index (χ4n) is 2.93. The fourth-order valence-corrected chi connectivity index (χ4v) is 3.16. The predicted octanol–water partition coefficient (Wildman–Crippen LogP) is 6.88. The zero-order valence-corrected chi connectivity index (χ0v) is 15.1. The van der Waals surface area contributed by atoms with Gasteiger partial charge in [0, 0.05) is 0 Å². The molecule has 0 bridgehead atoms. The maximum atomic E-state index is 14.4. The molecule has 0 N–H and O–H groups in total. The van der Waals surface area contributed by atoms with E-state index in [1.165, 1.54) is 6.42 Å². The number of aromatic nitrogens is 2. The van der Waals surface area contributed by atoms with Gasteiger partial charge < -0.3 is 0 Å². The van der Waals surface area contributed by atoms with E-state index in [-0.39, 0.29) is 0 Å². The Morgan fingerprint density at radius 1 is 1.04 bits per heavy atom. The Balaban J connectivity index is 2.94. The quantitative estimate of drug-likeness (QED) is 0.397. The second-order valence-corrected chi connectivity index (χ2v) is 6.83. The first kappa shape index (κ1) is 20.3. The lowest BCUT2D eigenvalue weighted by molar-refractivity contribution is 0.140. The number of rotatable bonds is 11. The highest BCUT2D eigenvalue weighted by Crippen LogP contribution is 2.36. The van der Waals surface area contributed by atoms with Crippen LogP contribution in [-0.4, -0.2) is 9.78 Å². The monoisotopic (exact) mass is 352 g/mol. The summed E-state index contributed by atoms with van der Waals surface area (Å²) < 4.78 is 41.4. The van der Waals surface area contributed by atoms with Gasteiger partial charge in [0.05, 0.1) is 5.54 Å². The molecule has 6 heteroatoms. The van der Waals surface area contributed by atoms with Gasteiger partial charge in [-0.1, -0.05) is 70.4 Å². The van der Waals surface area contributed by atoms with E-state index >= 15 is 0 Å². The Labute approximate surface area is 142 Å². The Kier molecular flexibility index (Phi) is 8.45. The van der Waals surface area contributed by atoms with Crippen molar-refractivity contribution < 1.29 is 13.2 Å². The van der Waals surface area contributed by atoms with Crippen molar-refractivity contribution in [2.45, 2.75) is 90.5 Å². The largest absolute Gasteiger partial charge is 0.271 e. The van der Waals surface area contributed by atoms with Gasteiger partial charge in [0.1, 0.15) is 5.56 Å². The molecule has 134 valence electrons. The standard InChI is InChI=1S/C17H28ClF3N2/c1-4-6-8-9-10-12-17(3,11-7-5-2)23-16(21)13(15(19)20)14(18)22-23/h15H,4-12H2,1-3H3. The van der Waals surface area contributed by atoms with Crippen LogP contribution in [0.4, 0.5) is 13.2 Å². The number of hydrogen-bond donors (Lipinski definition) is 0. The SMILES string of the molecule is CCCCCCCC(C)(CCCC)n1nc(Cl)c(C(F)F)c1F. The normalized spacial score (nSPS) is 14.4. The molecule has 0 radical (unpaired) electrons. The molecule has 2 nitrogen and oxygen atoms in total. The topological polar surface area (TPSA) is 17.8 Å². The minimum absolute atomic E-state index is 0.425. The molecule has 1 rings (SSSR count). The fraction of sp³-hybridized carbons (Fsp3) is 0.824. The van der Waals surface area contributed by atoms with Crippen LogP contribution < -0.4 is 0 Å². The van der Waals surface area contributed by atoms with Crippen LogP contribution >= 0.6 is 11.6 Å². The van der Waals surface area contributed by atoms with Crippen molar-refractivity contribution in [3.8, 4) is 0 Å². The van der Waals surface area contributed by atoms with E-state index in [4.69, 9.17) is 11.6 Å². The van der Waals surface area contributed by atoms with Crippen molar-refractivity contribution >= 4 is 11.6 Å². The number of nitrogens with zero attached hydrogens (tertiary/aromatic N) is 2. The molecule has 0 saturated carbocycles. The van der Waals surface area contributed by atoms with Gasteiger partial charge in [-0.15, -0.1) is 0 Å². The highest BCUT2D eigenvalue weighted by Gasteiger charge is 2.34. The summed E-state index contributed by atoms with van der Waals surface area (Å²) in [5.41, 5.74) is -1.39. The van der Waals surface area contributed by atoms with Gasteiger partial charge in [-0.2, -0.15) is 9.49 Å². The van der Waals surface area contributed by atoms with Gasteiger partial charge in [0.25, 0.3) is 6.43 Å². The molecule has 23 heavy (non-hydrogen) atoms. The molecular weight excluding hydrogens is 325 g/mol. The van der Waals surface area contributed by atoms with Gasteiger partial charge in [-0.25, -0.2) is 13.5 Å². The molecule has 1 heterocycles. The maximum absolute atomic E-state index is 14.4. The summed E-state index contributed by atoms with van der Waals surface area (Å²) in [4.78, 5) is 0. The summed E-state index contributed by atoms with van der Waals surface area (Å²) in [5.74, 6) is -0.989. The zero-order valence-electron chi connectivity index (χ0n) is 14.3. The number of alkyl halides is 2. The van der Waals surface area contributed by atoms with E-state index in [0.29, 0.717) is 12.8 Å². The second-order valence-electron chi connectivity index (χ2n) is 6.47. The molecule has 0 spiro atoms. The summed E-state index contributed by atoms with van der Waals surface area (Å²) in [6, 6.07) is 0. The molecule has 0 aliphatic rings. The molecule has 0 aliphatic heterocycles. The lowest BCUT2D eigenvalue weighted by atomic mass is 9.88. The molecule has 0 aliphatic carbocycles. The van der Waals surface area contributed by atoms with E-state index in [9.17, 15) is 13.2 Å². The van der Waals surface area contributed by atoms with Gasteiger partial charge in [-0.05, 0) is 19.8 Å². The molecular formula is C17H28ClF3N2. The van der Waals surface area contributed by atoms with Crippen LogP contribution in [0.2, 0.25) is 5.15 Å². The Bertz CT molecular complexity index is 477. The lowest BCUT2D eigenvalue weighted by Crippen LogP contribution is -2.33. The van der Waals surface area contributed by atoms with Crippen LogP contribution in [0.1, 0.15) is 90.5 Å². The van der Waals surface area contributed by atoms with E-state index in [0.717, 1.165) is 43.2 Å². The highest BCUT2D eigenvalue weighted by atomic mass is 35.5. The predicted molar refractivity (Wildman–Crippen MR) is 88.7 cm³/mol. The Morgan fingerprint density at radius 3 is 2.13 bits per heavy atom. The third-order valence-electron chi connectivity index (χ3n) is 4.44. The molecule has 1 aromatic heterocycles. The average molecular weight is 353 g/mol. The molecule has 0 fully saturated rings. The summed E-state index contributed by atoms with van der Waals surface area (Å²) in [6.07, 6.45) is 5.81. The number of hydrogen-bond acceptors (Lipinski definition) is 1. The molecule has 1 aromatic rings. The molecule has 0 aromatic carbocycles. The van der Waals surface area contributed by atoms with Crippen molar-refractivity contribution in [3.05, 3.63) is 16.7 Å². The van der Waals surface area contributed by atoms with E-state index in [1.807, 2.05) is 6.92 Å². The first-order valence-corrected chi connectivity index (χ1v) is 8.97. The lowest BCUT2D eigenvalue weighted by Gasteiger charge is -2.30. The first-order chi connectivity index (χ1) is 10.9. The van der Waals surface area contributed by atoms with Crippen LogP contribution in [0.5, 0.6) is 0 Å². The molecule has 0 saturated heterocycles. The smallest absolute Gasteiger partial charge is 0.232 e. The van der Waals surface area contributed by atoms with Crippen LogP contribution in [0.25, 0.3) is 0 Å². The van der Waals surface area contributed by atoms with Crippen molar-refractivity contribution in [1.29, 1.82) is 0 Å². The summed E-state index contributed by atoms with van der Waals surface area (Å²) in [6.45, 7) is 6.10. The Hall–Kier alpha value is -0.710. The summed E-state index contributed by atoms with van der Waals surface area (Å²) in [5, 5.41) is 3.47. The van der Waals surface area contributed by atoms with Crippen LogP contribution in [-0.2, 0) is 5.54 Å². The summed E-state index contributed by atoms with van der Waals surface area (Å²) in [7, 11) is 0. The average Bonchev–Trinajstić information content (AvgIpc) is 2.80. The first-order valence-electron chi connectivity index (χ1n) is 8.60. The van der Waals surface area contributed by atoms with E-state index in [1.54, 1.807) is 0 Å². The number of halogens is 4. The zero-order chi connectivity index (χ0) is 17.5. The van der Waals surface area contributed by atoms with Crippen molar-refractivity contribution in [2.24, 2.45) is 0 Å². The molecule has 1 unspecified atom stereocenters. The van der Waals surface area contributed by atoms with Crippen molar-refractivity contribution in [3.63, 3.8) is 0 Å². The third-order valence-corrected chi connectivity index (χ3v) is 4.71. The van der Waals surface area contributed by atoms with Gasteiger partial charge >= 0.3 is 0 Å². The van der Waals surface area contributed by atoms with Crippen LogP contribution in [0, 0.1) is 5.95 Å². The maximum Gasteiger partial charge on any atom is 0.271 e. The van der Waals surface area contributed by atoms with Gasteiger partial charge in [0.2, 0.25) is 5.95 Å². The highest BCUT2D eigenvalue weighted by molar-refractivity contribution is 6.30. The second kappa shape index (κ2) is 9.55. The molecule has 0 amide bonds. The molecule has 1 atom stereocenters. The van der Waals surface area contributed by atoms with E-state index < -0.39 is 28.6 Å². The minimum atomic E-state index is -2.95. The van der Waals surface area contributed by atoms with Gasteiger partial charge in [0.15, 0.2) is 5.15 Å². The van der Waals surface area contributed by atoms with E-state index in [2.05, 4.69) is 18.9 Å². The minimum Gasteiger partial charge on any atom is -0.232 e. The van der Waals surface area contributed by atoms with Crippen molar-refractivity contribution in [1.82, 2.24) is 9.78 Å².